The standard InChI is InChI=1S/C12H8Cl2N2OS/c13-10-4-8(11(14)18-10)12(17)16-5-7-2-1-3-15-9(7)6-16/h1-4H,5-6H2. The number of hydrogen-bond donors (Lipinski definition) is 0. The highest BCUT2D eigenvalue weighted by molar-refractivity contribution is 7.20. The van der Waals surface area contributed by atoms with Crippen LogP contribution in [0.5, 0.6) is 0 Å². The van der Waals surface area contributed by atoms with E-state index in [1.165, 1.54) is 11.3 Å². The maximum absolute atomic E-state index is 12.3. The van der Waals surface area contributed by atoms with Crippen molar-refractivity contribution in [1.29, 1.82) is 0 Å². The second-order valence-electron chi connectivity index (χ2n) is 4.01. The molecule has 0 aromatic carbocycles. The van der Waals surface area contributed by atoms with Gasteiger partial charge in [-0.15, -0.1) is 11.3 Å². The Morgan fingerprint density at radius 1 is 1.39 bits per heavy atom. The summed E-state index contributed by atoms with van der Waals surface area (Å²) in [5.41, 5.74) is 2.51. The lowest BCUT2D eigenvalue weighted by Gasteiger charge is -2.14. The van der Waals surface area contributed by atoms with Crippen LogP contribution in [0.4, 0.5) is 0 Å². The van der Waals surface area contributed by atoms with Crippen molar-refractivity contribution < 1.29 is 4.79 Å². The molecule has 2 aromatic heterocycles. The molecule has 0 saturated carbocycles. The van der Waals surface area contributed by atoms with E-state index in [9.17, 15) is 4.79 Å². The minimum atomic E-state index is -0.0962. The van der Waals surface area contributed by atoms with Crippen molar-refractivity contribution in [1.82, 2.24) is 9.88 Å². The van der Waals surface area contributed by atoms with E-state index in [1.807, 2.05) is 12.1 Å². The largest absolute Gasteiger partial charge is 0.328 e. The van der Waals surface area contributed by atoms with Gasteiger partial charge in [0.25, 0.3) is 5.91 Å². The molecule has 0 unspecified atom stereocenters. The van der Waals surface area contributed by atoms with Crippen LogP contribution in [0.3, 0.4) is 0 Å². The number of carbonyl (C=O) groups is 1. The number of amides is 1. The Labute approximate surface area is 118 Å². The van der Waals surface area contributed by atoms with E-state index in [4.69, 9.17) is 23.2 Å². The van der Waals surface area contributed by atoms with Crippen molar-refractivity contribution in [3.05, 3.63) is 49.9 Å². The smallest absolute Gasteiger partial charge is 0.256 e. The van der Waals surface area contributed by atoms with E-state index in [0.717, 1.165) is 11.3 Å². The van der Waals surface area contributed by atoms with Crippen molar-refractivity contribution in [2.45, 2.75) is 13.1 Å². The summed E-state index contributed by atoms with van der Waals surface area (Å²) in [7, 11) is 0. The number of hydrogen-bond acceptors (Lipinski definition) is 3. The Balaban J connectivity index is 1.87. The molecule has 0 spiro atoms. The first-order valence-electron chi connectivity index (χ1n) is 5.32. The second kappa shape index (κ2) is 4.53. The zero-order chi connectivity index (χ0) is 12.7. The number of aromatic nitrogens is 1. The van der Waals surface area contributed by atoms with E-state index < -0.39 is 0 Å². The fraction of sp³-hybridized carbons (Fsp3) is 0.167. The molecule has 18 heavy (non-hydrogen) atoms. The number of thiophene rings is 1. The van der Waals surface area contributed by atoms with Crippen molar-refractivity contribution in [3.63, 3.8) is 0 Å². The molecule has 0 fully saturated rings. The summed E-state index contributed by atoms with van der Waals surface area (Å²) < 4.78 is 0.965. The van der Waals surface area contributed by atoms with E-state index >= 15 is 0 Å². The van der Waals surface area contributed by atoms with E-state index in [-0.39, 0.29) is 5.91 Å². The van der Waals surface area contributed by atoms with Gasteiger partial charge in [-0.25, -0.2) is 0 Å². The highest BCUT2D eigenvalue weighted by Crippen LogP contribution is 2.33. The van der Waals surface area contributed by atoms with Crippen LogP contribution in [0, 0.1) is 0 Å². The third kappa shape index (κ3) is 2.00. The van der Waals surface area contributed by atoms with Gasteiger partial charge in [0.1, 0.15) is 4.34 Å². The molecule has 0 aliphatic carbocycles. The Hall–Kier alpha value is -1.10. The number of rotatable bonds is 1. The van der Waals surface area contributed by atoms with Gasteiger partial charge in [-0.1, -0.05) is 29.3 Å². The van der Waals surface area contributed by atoms with Crippen molar-refractivity contribution in [2.24, 2.45) is 0 Å². The Kier molecular flexibility index (Phi) is 3.01. The monoisotopic (exact) mass is 298 g/mol. The number of carbonyl (C=O) groups excluding carboxylic acids is 1. The molecule has 3 heterocycles. The van der Waals surface area contributed by atoms with Gasteiger partial charge in [0, 0.05) is 12.7 Å². The molecule has 6 heteroatoms. The SMILES string of the molecule is O=C(c1cc(Cl)sc1Cl)N1Cc2cccnc2C1. The van der Waals surface area contributed by atoms with Gasteiger partial charge in [-0.05, 0) is 17.7 Å². The zero-order valence-corrected chi connectivity index (χ0v) is 11.5. The van der Waals surface area contributed by atoms with Gasteiger partial charge in [-0.3, -0.25) is 9.78 Å². The summed E-state index contributed by atoms with van der Waals surface area (Å²) in [6, 6.07) is 5.48. The number of nitrogens with zero attached hydrogens (tertiary/aromatic N) is 2. The van der Waals surface area contributed by atoms with Crippen LogP contribution in [-0.4, -0.2) is 15.8 Å². The lowest BCUT2D eigenvalue weighted by atomic mass is 10.2. The van der Waals surface area contributed by atoms with Gasteiger partial charge in [-0.2, -0.15) is 0 Å². The average molecular weight is 299 g/mol. The fourth-order valence-corrected chi connectivity index (χ4v) is 3.45. The maximum Gasteiger partial charge on any atom is 0.256 e. The van der Waals surface area contributed by atoms with E-state index in [2.05, 4.69) is 4.98 Å². The summed E-state index contributed by atoms with van der Waals surface area (Å²) in [4.78, 5) is 18.3. The van der Waals surface area contributed by atoms with Gasteiger partial charge >= 0.3 is 0 Å². The predicted octanol–water partition coefficient (Wildman–Crippen LogP) is 3.61. The first-order valence-corrected chi connectivity index (χ1v) is 6.89. The van der Waals surface area contributed by atoms with Gasteiger partial charge in [0.15, 0.2) is 0 Å². The molecule has 1 amide bonds. The molecule has 3 rings (SSSR count). The minimum Gasteiger partial charge on any atom is -0.328 e. The molecule has 0 radical (unpaired) electrons. The van der Waals surface area contributed by atoms with Crippen LogP contribution < -0.4 is 0 Å². The highest BCUT2D eigenvalue weighted by atomic mass is 35.5. The molecule has 92 valence electrons. The topological polar surface area (TPSA) is 33.2 Å². The summed E-state index contributed by atoms with van der Waals surface area (Å²) in [5, 5.41) is 0. The van der Waals surface area contributed by atoms with Crippen LogP contribution in [0.15, 0.2) is 24.4 Å². The third-order valence-electron chi connectivity index (χ3n) is 2.86. The van der Waals surface area contributed by atoms with Gasteiger partial charge in [0.05, 0.1) is 22.1 Å². The van der Waals surface area contributed by atoms with Crippen LogP contribution >= 0.6 is 34.5 Å². The van der Waals surface area contributed by atoms with E-state index in [1.54, 1.807) is 17.2 Å². The molecule has 1 aliphatic rings. The average Bonchev–Trinajstić information content (AvgIpc) is 2.91. The Morgan fingerprint density at radius 2 is 2.22 bits per heavy atom. The lowest BCUT2D eigenvalue weighted by molar-refractivity contribution is 0.0751. The number of fused-ring (bicyclic) bond motifs is 1. The number of pyridine rings is 1. The quantitative estimate of drug-likeness (QED) is 0.806. The van der Waals surface area contributed by atoms with Crippen LogP contribution in [0.25, 0.3) is 0 Å². The molecule has 2 aromatic rings. The van der Waals surface area contributed by atoms with Crippen LogP contribution in [0.2, 0.25) is 8.67 Å². The van der Waals surface area contributed by atoms with Gasteiger partial charge in [0.2, 0.25) is 0 Å². The van der Waals surface area contributed by atoms with Gasteiger partial charge < -0.3 is 4.90 Å². The second-order valence-corrected chi connectivity index (χ2v) is 6.29. The van der Waals surface area contributed by atoms with Crippen molar-refractivity contribution in [2.75, 3.05) is 0 Å². The summed E-state index contributed by atoms with van der Waals surface area (Å²) in [5.74, 6) is -0.0962. The van der Waals surface area contributed by atoms with Crippen molar-refractivity contribution in [3.8, 4) is 0 Å². The molecule has 0 saturated heterocycles. The first kappa shape index (κ1) is 12.0. The Morgan fingerprint density at radius 3 is 2.89 bits per heavy atom. The molecule has 0 atom stereocenters. The molecular weight excluding hydrogens is 291 g/mol. The third-order valence-corrected chi connectivity index (χ3v) is 4.35. The minimum absolute atomic E-state index is 0.0962. The van der Waals surface area contributed by atoms with Crippen LogP contribution in [0.1, 0.15) is 21.6 Å². The highest BCUT2D eigenvalue weighted by Gasteiger charge is 2.27. The number of halogens is 2. The Bertz CT molecular complexity index is 601. The lowest BCUT2D eigenvalue weighted by Crippen LogP contribution is -2.25. The van der Waals surface area contributed by atoms with Crippen LogP contribution in [-0.2, 0) is 13.1 Å². The van der Waals surface area contributed by atoms with Crippen molar-refractivity contribution >= 4 is 40.4 Å². The predicted molar refractivity (Wildman–Crippen MR) is 72.2 cm³/mol. The molecule has 0 bridgehead atoms. The summed E-state index contributed by atoms with van der Waals surface area (Å²) in [6.45, 7) is 1.10. The normalized spacial score (nSPS) is 13.8. The maximum atomic E-state index is 12.3. The first-order chi connectivity index (χ1) is 8.65. The summed E-state index contributed by atoms with van der Waals surface area (Å²) in [6.07, 6.45) is 1.74. The molecule has 0 N–H and O–H groups in total. The molecule has 3 nitrogen and oxygen atoms in total. The molecule has 1 aliphatic heterocycles. The summed E-state index contributed by atoms with van der Waals surface area (Å²) >= 11 is 13.1. The zero-order valence-electron chi connectivity index (χ0n) is 9.19. The van der Waals surface area contributed by atoms with E-state index in [0.29, 0.717) is 27.3 Å². The molecular formula is C12H8Cl2N2OS. The fourth-order valence-electron chi connectivity index (χ4n) is 2.00.